The maximum absolute atomic E-state index is 12.7. The molecule has 4 aromatic carbocycles. The predicted molar refractivity (Wildman–Crippen MR) is 383 cm³/mol. The summed E-state index contributed by atoms with van der Waals surface area (Å²) in [5, 5.41) is 21.9. The Kier molecular flexibility index (Phi) is 18.7. The zero-order chi connectivity index (χ0) is 70.1. The fraction of sp³-hybridized carbons (Fsp3) is 0.351. The summed E-state index contributed by atoms with van der Waals surface area (Å²) in [4.78, 5) is 44.8. The number of hydrogen-bond acceptors (Lipinski definition) is 14. The Morgan fingerprint density at radius 1 is 0.588 bits per heavy atom. The zero-order valence-corrected chi connectivity index (χ0v) is 59.1. The topological polar surface area (TPSA) is 216 Å². The quantitative estimate of drug-likeness (QED) is 0.104. The number of halogens is 2. The van der Waals surface area contributed by atoms with Gasteiger partial charge in [-0.15, -0.1) is 0 Å². The van der Waals surface area contributed by atoms with Crippen molar-refractivity contribution in [2.24, 2.45) is 14.1 Å². The first-order valence-corrected chi connectivity index (χ1v) is 33.1. The molecular weight excluding hydrogens is 1290 g/mol. The number of hydrogen-bond donors (Lipinski definition) is 4. The number of pyridine rings is 2. The van der Waals surface area contributed by atoms with Crippen molar-refractivity contribution in [2.45, 2.75) is 149 Å². The first kappa shape index (κ1) is 67.5. The summed E-state index contributed by atoms with van der Waals surface area (Å²) in [6, 6.07) is 45.1. The molecule has 15 rings (SSSR count). The smallest absolute Gasteiger partial charge is 0.444 e. The van der Waals surface area contributed by atoms with Crippen LogP contribution in [0.25, 0.3) is 68.1 Å². The number of carbonyl (C=O) groups is 2. The van der Waals surface area contributed by atoms with Crippen LogP contribution in [0.3, 0.4) is 0 Å². The van der Waals surface area contributed by atoms with Crippen LogP contribution in [0.2, 0.25) is 0 Å². The number of imidazole rings is 2. The van der Waals surface area contributed by atoms with Crippen molar-refractivity contribution < 1.29 is 34.1 Å². The number of ether oxygens (including phenoxy) is 2. The van der Waals surface area contributed by atoms with E-state index in [1.54, 1.807) is 29.5 Å². The highest BCUT2D eigenvalue weighted by Crippen LogP contribution is 2.49. The molecule has 2 aliphatic carbocycles. The number of aromatic nitrogens is 10. The van der Waals surface area contributed by atoms with E-state index < -0.39 is 22.3 Å². The van der Waals surface area contributed by atoms with Crippen molar-refractivity contribution in [3.8, 4) is 68.1 Å². The molecule has 2 saturated carbocycles. The number of amides is 2. The van der Waals surface area contributed by atoms with Crippen LogP contribution in [0.4, 0.5) is 37.0 Å². The largest absolute Gasteiger partial charge is 0.514 e. The number of aryl methyl sites for hydroxylation is 2. The number of fused-ring (bicyclic) bond motifs is 10. The van der Waals surface area contributed by atoms with Crippen molar-refractivity contribution in [2.75, 3.05) is 17.8 Å². The minimum Gasteiger partial charge on any atom is -0.444 e. The Labute approximate surface area is 576 Å². The number of rotatable bonds is 8. The molecule has 1 saturated heterocycles. The molecule has 4 N–H and O–H groups in total. The molecule has 97 heavy (non-hydrogen) atoms. The van der Waals surface area contributed by atoms with E-state index >= 15 is 0 Å². The highest BCUT2D eigenvalue weighted by atomic mass is 79.9. The normalized spacial score (nSPS) is 16.0. The molecule has 6 aromatic heterocycles. The maximum atomic E-state index is 12.7. The van der Waals surface area contributed by atoms with E-state index in [2.05, 4.69) is 133 Å². The first-order chi connectivity index (χ1) is 46.8. The lowest BCUT2D eigenvalue weighted by Gasteiger charge is -2.43. The zero-order valence-electron chi connectivity index (χ0n) is 58.5. The Morgan fingerprint density at radius 2 is 1.02 bits per heavy atom. The summed E-state index contributed by atoms with van der Waals surface area (Å²) in [5.41, 5.74) is 11.9. The lowest BCUT2D eigenvalue weighted by atomic mass is 9.71. The van der Waals surface area contributed by atoms with Crippen molar-refractivity contribution in [3.05, 3.63) is 174 Å². The molecule has 3 fully saturated rings. The van der Waals surface area contributed by atoms with Crippen molar-refractivity contribution in [1.29, 1.82) is 0 Å². The van der Waals surface area contributed by atoms with Gasteiger partial charge in [0.25, 0.3) is 0 Å². The first-order valence-electron chi connectivity index (χ1n) is 33.3. The summed E-state index contributed by atoms with van der Waals surface area (Å²) < 4.78 is 46.9. The Hall–Kier alpha value is -9.45. The third-order valence-corrected chi connectivity index (χ3v) is 18.9. The number of anilines is 4. The molecule has 3 aliphatic heterocycles. The second kappa shape index (κ2) is 26.9. The highest BCUT2D eigenvalue weighted by Gasteiger charge is 2.53. The number of nitrogens with zero attached hydrogens (tertiary/aromatic N) is 10. The fourth-order valence-corrected chi connectivity index (χ4v) is 13.2. The number of carbonyl (C=O) groups excluding carboxylic acids is 2. The molecule has 5 aliphatic rings. The standard InChI is InChI=1S/C33H33N7O2.C29H28BrN5O2.C10H17BN2O2.CH3F.CH4/c1-32(2,3)42-31(41)38-33(17-8-18-33)22-14-12-21(13-15-22)28-27(25-16-20-35-39(25)4)37-30-23-9-5-6-10-24(23)36-29-26(40(28)30)11-7-19-34-29;1-28(2,3)37-27(36)34-29(15-7-16-29)19-13-11-18(12-14-19)23-24(30)33-26-20-8-4-5-9-21(20)32-25-22(35(23)26)10-6-17-31-25;1-9(2)10(3,4)15-11(14-9)8-6-7-12-13(8)5;1-2;/h5-7,9-16,19-20H,8,17-18H2,1-4H3,(H,34,36)(H,38,41);4-6,8-14,17H,7,15-16H2,1-3H3,(H,31,32)(H,34,36);6-7H,1-5H3;1H3;1H4/i;;;;1D. The third-order valence-electron chi connectivity index (χ3n) is 18.3. The Bertz CT molecular complexity index is 4490. The summed E-state index contributed by atoms with van der Waals surface area (Å²) in [5.74, 6) is 3.18. The molecule has 0 unspecified atom stereocenters. The predicted octanol–water partition coefficient (Wildman–Crippen LogP) is 16.2. The van der Waals surface area contributed by atoms with E-state index in [-0.39, 0.29) is 30.5 Å². The van der Waals surface area contributed by atoms with Crippen LogP contribution in [0, 0.1) is 0 Å². The molecule has 504 valence electrons. The molecule has 0 radical (unpaired) electrons. The van der Waals surface area contributed by atoms with Gasteiger partial charge in [-0.05, 0) is 195 Å². The average molecular weight is 1380 g/mol. The Morgan fingerprint density at radius 3 is 1.44 bits per heavy atom. The number of benzene rings is 4. The number of para-hydroxylation sites is 2. The van der Waals surface area contributed by atoms with Crippen LogP contribution >= 0.6 is 15.9 Å². The molecule has 0 atom stereocenters. The average Bonchev–Trinajstić information content (AvgIpc) is 1.57. The van der Waals surface area contributed by atoms with Crippen LogP contribution in [-0.4, -0.2) is 97.5 Å². The van der Waals surface area contributed by atoms with E-state index in [9.17, 15) is 14.0 Å². The van der Waals surface area contributed by atoms with Gasteiger partial charge in [0.2, 0.25) is 0 Å². The minimum atomic E-state index is -0.556. The van der Waals surface area contributed by atoms with Gasteiger partial charge in [0, 0.05) is 62.5 Å². The summed E-state index contributed by atoms with van der Waals surface area (Å²) >= 11 is 3.74. The number of alkyl halides is 1. The second-order valence-electron chi connectivity index (χ2n) is 27.5. The van der Waals surface area contributed by atoms with E-state index in [1.165, 1.54) is 7.40 Å². The van der Waals surface area contributed by atoms with Gasteiger partial charge in [0.15, 0.2) is 11.6 Å². The summed E-state index contributed by atoms with van der Waals surface area (Å²) in [6.45, 7) is 19.5. The van der Waals surface area contributed by atoms with Gasteiger partial charge >= 0.3 is 19.3 Å². The van der Waals surface area contributed by atoms with Gasteiger partial charge in [0.1, 0.15) is 33.1 Å². The van der Waals surface area contributed by atoms with Crippen LogP contribution in [0.15, 0.2) is 163 Å². The van der Waals surface area contributed by atoms with Gasteiger partial charge in [-0.3, -0.25) is 22.9 Å². The molecule has 10 aromatic rings. The summed E-state index contributed by atoms with van der Waals surface area (Å²) in [6.07, 6.45) is 12.0. The van der Waals surface area contributed by atoms with E-state index in [0.29, 0.717) is 7.18 Å². The molecule has 2 amide bonds. The van der Waals surface area contributed by atoms with Crippen LogP contribution in [-0.2, 0) is 44.0 Å². The van der Waals surface area contributed by atoms with Crippen molar-refractivity contribution in [3.63, 3.8) is 0 Å². The van der Waals surface area contributed by atoms with Crippen LogP contribution in [0.5, 0.6) is 0 Å². The molecule has 0 bridgehead atoms. The Balaban J connectivity index is 0.000000158. The number of nitrogens with one attached hydrogen (secondary N) is 4. The molecule has 0 spiro atoms. The van der Waals surface area contributed by atoms with Crippen molar-refractivity contribution >= 4 is 63.8 Å². The highest BCUT2D eigenvalue weighted by molar-refractivity contribution is 9.10. The van der Waals surface area contributed by atoms with Gasteiger partial charge in [0.05, 0.1) is 74.9 Å². The molecule has 9 heterocycles. The molecule has 23 heteroatoms. The van der Waals surface area contributed by atoms with Gasteiger partial charge < -0.3 is 40.0 Å². The van der Waals surface area contributed by atoms with Crippen molar-refractivity contribution in [1.82, 2.24) is 59.3 Å². The summed E-state index contributed by atoms with van der Waals surface area (Å²) in [7, 11) is 5.25. The van der Waals surface area contributed by atoms with Gasteiger partial charge in [-0.1, -0.05) is 80.2 Å². The monoisotopic (exact) mass is 1380 g/mol. The maximum Gasteiger partial charge on any atom is 0.514 e. The molecular formula is C74H85BBrFN14O6. The SMILES string of the molecule is CC(C)(C)OC(=O)NC1(c2ccc(-c3c(Br)nc4n3-c3cccnc3Nc3ccccc3-4)cc2)CCC1.CF.Cn1nccc1-c1nc2n(c1-c1ccc(C3(NC(=O)OC(C)(C)C)CCC3)cc1)-c1cccnc1Nc1ccccc1-2.Cn1nccc1B1OC(C)(C)C(C)(C)O1.[2H]C. The second-order valence-corrected chi connectivity index (χ2v) is 28.3. The lowest BCUT2D eigenvalue weighted by Crippen LogP contribution is -2.52. The van der Waals surface area contributed by atoms with E-state index in [1.807, 2.05) is 155 Å². The fourth-order valence-electron chi connectivity index (χ4n) is 12.6. The van der Waals surface area contributed by atoms with Crippen LogP contribution < -0.4 is 26.9 Å². The van der Waals surface area contributed by atoms with Gasteiger partial charge in [-0.2, -0.15) is 10.2 Å². The van der Waals surface area contributed by atoms with E-state index in [4.69, 9.17) is 30.1 Å². The minimum absolute atomic E-state index is 0.290. The third kappa shape index (κ3) is 13.6. The van der Waals surface area contributed by atoms with Crippen LogP contribution in [0.1, 0.15) is 128 Å². The number of alkyl carbamates (subject to hydrolysis) is 2. The lowest BCUT2D eigenvalue weighted by molar-refractivity contribution is 0.00578. The van der Waals surface area contributed by atoms with E-state index in [0.717, 1.165) is 151 Å². The van der Waals surface area contributed by atoms with Gasteiger partial charge in [-0.25, -0.2) is 29.5 Å². The molecule has 20 nitrogen and oxygen atoms in total.